The lowest BCUT2D eigenvalue weighted by Gasteiger charge is -2.39. The molecule has 11 heteroatoms. The molecular formula is C56H90N2O9. The second kappa shape index (κ2) is 32.8. The van der Waals surface area contributed by atoms with Crippen LogP contribution in [-0.4, -0.2) is 103 Å². The average Bonchev–Trinajstić information content (AvgIpc) is 3.36. The van der Waals surface area contributed by atoms with E-state index in [0.717, 1.165) is 50.0 Å². The van der Waals surface area contributed by atoms with Gasteiger partial charge < -0.3 is 34.2 Å². The predicted molar refractivity (Wildman–Crippen MR) is 272 cm³/mol. The van der Waals surface area contributed by atoms with Crippen LogP contribution >= 0.6 is 0 Å². The van der Waals surface area contributed by atoms with E-state index in [0.29, 0.717) is 38.0 Å². The number of aliphatic hydroxyl groups is 2. The van der Waals surface area contributed by atoms with E-state index in [2.05, 4.69) is 86.5 Å². The number of allylic oxidation sites excluding steroid dienone is 6. The van der Waals surface area contributed by atoms with Crippen molar-refractivity contribution in [3.05, 3.63) is 77.9 Å². The minimum absolute atomic E-state index is 0.0454. The Kier molecular flexibility index (Phi) is 29.0. The van der Waals surface area contributed by atoms with Gasteiger partial charge >= 0.3 is 5.97 Å². The summed E-state index contributed by atoms with van der Waals surface area (Å²) in [6.45, 7) is 14.5. The Labute approximate surface area is 405 Å². The molecule has 8 atom stereocenters. The Bertz CT molecular complexity index is 1720. The number of methoxy groups -OCH3 is 2. The molecule has 67 heavy (non-hydrogen) atoms. The Hall–Kier alpha value is -3.90. The van der Waals surface area contributed by atoms with Crippen LogP contribution in [0.25, 0.3) is 0 Å². The first-order chi connectivity index (χ1) is 32.1. The minimum Gasteiger partial charge on any atom is -0.467 e. The molecule has 0 aromatic heterocycles. The zero-order valence-electron chi connectivity index (χ0n) is 43.2. The van der Waals surface area contributed by atoms with Crippen LogP contribution in [0.5, 0.6) is 0 Å². The molecule has 2 aliphatic heterocycles. The number of hydrogen-bond donors (Lipinski definition) is 2. The van der Waals surface area contributed by atoms with E-state index in [1.54, 1.807) is 6.92 Å². The van der Waals surface area contributed by atoms with Crippen molar-refractivity contribution < 1.29 is 43.6 Å². The number of likely N-dealkylation sites (N-methyl/N-ethyl adjacent to an activating group) is 1. The summed E-state index contributed by atoms with van der Waals surface area (Å²) in [5, 5.41) is 21.0. The molecule has 378 valence electrons. The number of nitrogens with zero attached hydrogens (tertiary/aromatic N) is 2. The number of rotatable bonds is 23. The van der Waals surface area contributed by atoms with Crippen molar-refractivity contribution in [3.8, 4) is 0 Å². The number of amides is 1. The van der Waals surface area contributed by atoms with Gasteiger partial charge in [0.1, 0.15) is 11.8 Å². The molecule has 0 bridgehead atoms. The van der Waals surface area contributed by atoms with Crippen LogP contribution in [0.1, 0.15) is 164 Å². The summed E-state index contributed by atoms with van der Waals surface area (Å²) in [5.41, 5.74) is 3.44. The molecule has 11 nitrogen and oxygen atoms in total. The van der Waals surface area contributed by atoms with Crippen molar-refractivity contribution >= 4 is 29.1 Å². The van der Waals surface area contributed by atoms with Gasteiger partial charge in [-0.1, -0.05) is 126 Å². The molecule has 1 aliphatic carbocycles. The molecule has 7 unspecified atom stereocenters. The highest BCUT2D eigenvalue weighted by Gasteiger charge is 2.50. The maximum atomic E-state index is 12.7. The summed E-state index contributed by atoms with van der Waals surface area (Å²) < 4.78 is 15.5. The van der Waals surface area contributed by atoms with Crippen LogP contribution in [-0.2, 0) is 33.4 Å². The summed E-state index contributed by atoms with van der Waals surface area (Å²) in [6.07, 6.45) is 30.1. The number of hydrogen-bond acceptors (Lipinski definition) is 10. The summed E-state index contributed by atoms with van der Waals surface area (Å²) >= 11 is 0. The van der Waals surface area contributed by atoms with E-state index in [4.69, 9.17) is 14.2 Å². The Morgan fingerprint density at radius 3 is 2.30 bits per heavy atom. The van der Waals surface area contributed by atoms with E-state index in [9.17, 15) is 29.4 Å². The topological polar surface area (TPSA) is 143 Å². The van der Waals surface area contributed by atoms with Crippen LogP contribution in [0, 0.1) is 17.8 Å². The van der Waals surface area contributed by atoms with Gasteiger partial charge in [-0.3, -0.25) is 14.4 Å². The Balaban J connectivity index is 0.000000535. The van der Waals surface area contributed by atoms with Crippen LogP contribution in [0.4, 0.5) is 5.69 Å². The molecule has 4 rings (SSSR count). The van der Waals surface area contributed by atoms with Crippen LogP contribution in [0.3, 0.4) is 0 Å². The highest BCUT2D eigenvalue weighted by Crippen LogP contribution is 2.32. The second-order valence-corrected chi connectivity index (χ2v) is 18.8. The number of esters is 1. The summed E-state index contributed by atoms with van der Waals surface area (Å²) in [6, 6.07) is 9.98. The zero-order chi connectivity index (χ0) is 49.8. The number of benzene rings is 1. The molecule has 3 aliphatic rings. The van der Waals surface area contributed by atoms with E-state index >= 15 is 0 Å². The van der Waals surface area contributed by atoms with Gasteiger partial charge in [0.15, 0.2) is 0 Å². The van der Waals surface area contributed by atoms with Crippen LogP contribution < -0.4 is 4.90 Å². The van der Waals surface area contributed by atoms with Gasteiger partial charge in [0.25, 0.3) is 11.7 Å². The van der Waals surface area contributed by atoms with Crippen molar-refractivity contribution in [2.75, 3.05) is 39.3 Å². The molecular weight excluding hydrogens is 845 g/mol. The summed E-state index contributed by atoms with van der Waals surface area (Å²) in [4.78, 5) is 53.0. The van der Waals surface area contributed by atoms with Crippen molar-refractivity contribution in [1.29, 1.82) is 0 Å². The van der Waals surface area contributed by atoms with Crippen molar-refractivity contribution in [1.82, 2.24) is 4.90 Å². The SMILES string of the molecule is CC.COC(=O)C1CCCCN1C(=O)C(=O)[C@]1(O)OCCCC1C.COC1CCCC(CCCCCC/C=C(\C)C(O)CC(=O)C(C)CC/C=C/C=C/C=C(\C)C(C)N(C)c2ccccc2)C1. The number of ketones is 2. The number of Topliss-reactive ketones (excluding diaryl/α,β-unsaturated/α-hetero) is 2. The van der Waals surface area contributed by atoms with Gasteiger partial charge in [-0.05, 0) is 115 Å². The second-order valence-electron chi connectivity index (χ2n) is 18.8. The predicted octanol–water partition coefficient (Wildman–Crippen LogP) is 11.1. The fourth-order valence-corrected chi connectivity index (χ4v) is 9.04. The minimum atomic E-state index is -2.09. The van der Waals surface area contributed by atoms with Crippen LogP contribution in [0.15, 0.2) is 77.9 Å². The molecule has 3 fully saturated rings. The zero-order valence-corrected chi connectivity index (χ0v) is 43.2. The maximum Gasteiger partial charge on any atom is 0.328 e. The number of piperidine rings is 1. The third-order valence-electron chi connectivity index (χ3n) is 14.0. The molecule has 0 spiro atoms. The molecule has 1 amide bonds. The Morgan fingerprint density at radius 1 is 0.896 bits per heavy atom. The largest absolute Gasteiger partial charge is 0.467 e. The molecule has 2 saturated heterocycles. The summed E-state index contributed by atoms with van der Waals surface area (Å²) in [7, 11) is 5.23. The van der Waals surface area contributed by atoms with Gasteiger partial charge in [-0.15, -0.1) is 0 Å². The van der Waals surface area contributed by atoms with Gasteiger partial charge in [0.05, 0.1) is 25.9 Å². The quantitative estimate of drug-likeness (QED) is 0.0358. The molecule has 0 radical (unpaired) electrons. The Morgan fingerprint density at radius 2 is 1.61 bits per heavy atom. The highest BCUT2D eigenvalue weighted by molar-refractivity contribution is 6.39. The molecule has 1 aromatic rings. The van der Waals surface area contributed by atoms with Gasteiger partial charge in [0, 0.05) is 50.7 Å². The number of carbonyl (C=O) groups is 4. The first-order valence-electron chi connectivity index (χ1n) is 25.6. The van der Waals surface area contributed by atoms with E-state index < -0.39 is 41.5 Å². The van der Waals surface area contributed by atoms with Crippen molar-refractivity contribution in [2.24, 2.45) is 17.8 Å². The van der Waals surface area contributed by atoms with Gasteiger partial charge in [0.2, 0.25) is 5.79 Å². The van der Waals surface area contributed by atoms with Crippen molar-refractivity contribution in [3.63, 3.8) is 0 Å². The number of aliphatic hydroxyl groups excluding tert-OH is 1. The van der Waals surface area contributed by atoms with E-state index in [1.807, 2.05) is 40.9 Å². The lowest BCUT2D eigenvalue weighted by atomic mass is 9.84. The van der Waals surface area contributed by atoms with Gasteiger partial charge in [-0.25, -0.2) is 4.79 Å². The third kappa shape index (κ3) is 20.3. The third-order valence-corrected chi connectivity index (χ3v) is 14.0. The fourth-order valence-electron chi connectivity index (χ4n) is 9.04. The highest BCUT2D eigenvalue weighted by atomic mass is 16.6. The smallest absolute Gasteiger partial charge is 0.328 e. The normalized spacial score (nSPS) is 23.9. The number of unbranched alkanes of at least 4 members (excludes halogenated alkanes) is 4. The lowest BCUT2D eigenvalue weighted by molar-refractivity contribution is -0.240. The first kappa shape index (κ1) is 59.2. The molecule has 1 aromatic carbocycles. The number of anilines is 1. The molecule has 2 N–H and O–H groups in total. The molecule has 2 heterocycles. The maximum absolute atomic E-state index is 12.7. The van der Waals surface area contributed by atoms with Gasteiger partial charge in [-0.2, -0.15) is 0 Å². The van der Waals surface area contributed by atoms with E-state index in [1.165, 1.54) is 74.6 Å². The van der Waals surface area contributed by atoms with Crippen molar-refractivity contribution in [2.45, 2.75) is 194 Å². The number of ether oxygens (including phenoxy) is 3. The van der Waals surface area contributed by atoms with Crippen LogP contribution in [0.2, 0.25) is 0 Å². The number of para-hydroxylation sites is 1. The monoisotopic (exact) mass is 935 g/mol. The number of carbonyl (C=O) groups excluding carboxylic acids is 4. The first-order valence-corrected chi connectivity index (χ1v) is 25.6. The molecule has 1 saturated carbocycles. The van der Waals surface area contributed by atoms with E-state index in [-0.39, 0.29) is 24.7 Å². The standard InChI is InChI=1S/C39H61NO3.C15H23NO6.C2H6/c1-31(34(4)40(5)36-26-18-13-19-27-36)21-14-9-7-10-15-22-32(2)38(41)30-39(42)33(3)23-16-11-8-12-17-24-35-25-20-28-37(29-35)43-6;1-10-6-5-9-22-15(10,20)12(17)13(18)16-8-4-3-7-11(16)14(19)21-2;1-2/h7,9-10,13-14,18-19,21,23,26-27,32,34-35,37,39,42H,8,11-12,15-17,20,22,24-25,28-30H2,1-6H3;10-11,20H,3-9H2,1-2H3;1-2H3/b10-7+,14-9+,31-21+,33-23+;;/t;10?,11?,15-;/m.1./s1. The fraction of sp³-hybridized carbons (Fsp3) is 0.679. The summed E-state index contributed by atoms with van der Waals surface area (Å²) in [5.74, 6) is -3.99. The lowest BCUT2D eigenvalue weighted by Crippen LogP contribution is -2.59. The average molecular weight is 935 g/mol. The number of likely N-dealkylation sites (tertiary alicyclic amines) is 1.